The number of furan rings is 1. The summed E-state index contributed by atoms with van der Waals surface area (Å²) in [5, 5.41) is 2.34. The SMILES string of the molecule is Cc1cc(-c2ccccc2)cc2oc3cc(-c4ccccn4)ccc3c12. The van der Waals surface area contributed by atoms with Crippen molar-refractivity contribution in [2.45, 2.75) is 6.92 Å². The monoisotopic (exact) mass is 335 g/mol. The minimum absolute atomic E-state index is 0.900. The highest BCUT2D eigenvalue weighted by Gasteiger charge is 2.12. The second-order valence-electron chi connectivity index (χ2n) is 6.56. The third-order valence-corrected chi connectivity index (χ3v) is 4.84. The molecule has 0 unspecified atom stereocenters. The smallest absolute Gasteiger partial charge is 0.136 e. The molecule has 0 bridgehead atoms. The lowest BCUT2D eigenvalue weighted by Crippen LogP contribution is -1.82. The van der Waals surface area contributed by atoms with Crippen LogP contribution >= 0.6 is 0 Å². The van der Waals surface area contributed by atoms with E-state index in [0.717, 1.165) is 27.8 Å². The summed E-state index contributed by atoms with van der Waals surface area (Å²) in [5.74, 6) is 0. The van der Waals surface area contributed by atoms with E-state index >= 15 is 0 Å². The van der Waals surface area contributed by atoms with Gasteiger partial charge in [0, 0.05) is 22.5 Å². The molecule has 3 aromatic carbocycles. The Kier molecular flexibility index (Phi) is 3.36. The van der Waals surface area contributed by atoms with E-state index in [1.807, 2.05) is 30.5 Å². The van der Waals surface area contributed by atoms with Crippen molar-refractivity contribution in [2.75, 3.05) is 0 Å². The van der Waals surface area contributed by atoms with Crippen LogP contribution < -0.4 is 0 Å². The first-order valence-corrected chi connectivity index (χ1v) is 8.73. The predicted octanol–water partition coefficient (Wildman–Crippen LogP) is 6.62. The Morgan fingerprint density at radius 2 is 1.50 bits per heavy atom. The molecule has 2 aromatic heterocycles. The van der Waals surface area contributed by atoms with Crippen molar-refractivity contribution in [1.82, 2.24) is 4.98 Å². The molecule has 5 aromatic rings. The van der Waals surface area contributed by atoms with Crippen molar-refractivity contribution in [3.63, 3.8) is 0 Å². The number of aryl methyl sites for hydroxylation is 1. The summed E-state index contributed by atoms with van der Waals surface area (Å²) in [7, 11) is 0. The van der Waals surface area contributed by atoms with Crippen LogP contribution in [0.25, 0.3) is 44.3 Å². The summed E-state index contributed by atoms with van der Waals surface area (Å²) in [6.07, 6.45) is 1.81. The molecule has 0 atom stereocenters. The fourth-order valence-corrected chi connectivity index (χ4v) is 3.60. The van der Waals surface area contributed by atoms with Gasteiger partial charge in [-0.3, -0.25) is 4.98 Å². The average molecular weight is 335 g/mol. The molecule has 0 radical (unpaired) electrons. The lowest BCUT2D eigenvalue weighted by Gasteiger charge is -2.04. The normalized spacial score (nSPS) is 11.3. The molecule has 0 aliphatic rings. The van der Waals surface area contributed by atoms with Gasteiger partial charge >= 0.3 is 0 Å². The molecule has 2 nitrogen and oxygen atoms in total. The first kappa shape index (κ1) is 14.9. The number of benzene rings is 3. The fourth-order valence-electron chi connectivity index (χ4n) is 3.60. The maximum absolute atomic E-state index is 6.23. The Labute approximate surface area is 151 Å². The number of hydrogen-bond donors (Lipinski definition) is 0. The standard InChI is InChI=1S/C24H17NO/c1-16-13-19(17-7-3-2-4-8-17)15-23-24(16)20-11-10-18(14-22(20)26-23)21-9-5-6-12-25-21/h2-15H,1H3. The van der Waals surface area contributed by atoms with Crippen LogP contribution in [0, 0.1) is 6.92 Å². The first-order chi connectivity index (χ1) is 12.8. The highest BCUT2D eigenvalue weighted by molar-refractivity contribution is 6.08. The lowest BCUT2D eigenvalue weighted by molar-refractivity contribution is 0.669. The summed E-state index contributed by atoms with van der Waals surface area (Å²) in [6, 6.07) is 27.1. The van der Waals surface area contributed by atoms with Crippen molar-refractivity contribution >= 4 is 21.9 Å². The Bertz CT molecular complexity index is 1220. The fraction of sp³-hybridized carbons (Fsp3) is 0.0417. The van der Waals surface area contributed by atoms with Crippen LogP contribution in [0.3, 0.4) is 0 Å². The lowest BCUT2D eigenvalue weighted by atomic mass is 9.99. The van der Waals surface area contributed by atoms with Crippen LogP contribution in [0.1, 0.15) is 5.56 Å². The molecule has 0 aliphatic heterocycles. The highest BCUT2D eigenvalue weighted by atomic mass is 16.3. The predicted molar refractivity (Wildman–Crippen MR) is 107 cm³/mol. The quantitative estimate of drug-likeness (QED) is 0.362. The van der Waals surface area contributed by atoms with Crippen LogP contribution in [0.2, 0.25) is 0 Å². The summed E-state index contributed by atoms with van der Waals surface area (Å²) >= 11 is 0. The summed E-state index contributed by atoms with van der Waals surface area (Å²) < 4.78 is 6.23. The molecule has 0 saturated carbocycles. The van der Waals surface area contributed by atoms with E-state index in [0.29, 0.717) is 0 Å². The van der Waals surface area contributed by atoms with E-state index in [9.17, 15) is 0 Å². The Balaban J connectivity index is 1.72. The molecule has 124 valence electrons. The Hall–Kier alpha value is -3.39. The molecule has 2 heterocycles. The Morgan fingerprint density at radius 1 is 0.692 bits per heavy atom. The summed E-state index contributed by atoms with van der Waals surface area (Å²) in [5.41, 5.74) is 7.46. The first-order valence-electron chi connectivity index (χ1n) is 8.73. The van der Waals surface area contributed by atoms with Gasteiger partial charge in [-0.05, 0) is 53.9 Å². The topological polar surface area (TPSA) is 26.0 Å². The molecule has 26 heavy (non-hydrogen) atoms. The van der Waals surface area contributed by atoms with Crippen molar-refractivity contribution in [1.29, 1.82) is 0 Å². The number of hydrogen-bond acceptors (Lipinski definition) is 2. The van der Waals surface area contributed by atoms with E-state index in [-0.39, 0.29) is 0 Å². The van der Waals surface area contributed by atoms with Gasteiger partial charge in [-0.2, -0.15) is 0 Å². The van der Waals surface area contributed by atoms with Gasteiger partial charge in [0.2, 0.25) is 0 Å². The molecular formula is C24H17NO. The highest BCUT2D eigenvalue weighted by Crippen LogP contribution is 2.36. The molecular weight excluding hydrogens is 318 g/mol. The van der Waals surface area contributed by atoms with Gasteiger partial charge in [0.1, 0.15) is 11.2 Å². The van der Waals surface area contributed by atoms with Gasteiger partial charge in [0.25, 0.3) is 0 Å². The van der Waals surface area contributed by atoms with E-state index in [1.54, 1.807) is 0 Å². The number of rotatable bonds is 2. The number of fused-ring (bicyclic) bond motifs is 3. The van der Waals surface area contributed by atoms with Crippen molar-refractivity contribution in [2.24, 2.45) is 0 Å². The number of aromatic nitrogens is 1. The van der Waals surface area contributed by atoms with Crippen LogP contribution in [0.4, 0.5) is 0 Å². The molecule has 0 saturated heterocycles. The maximum atomic E-state index is 6.23. The van der Waals surface area contributed by atoms with Gasteiger partial charge in [-0.25, -0.2) is 0 Å². The molecule has 0 fully saturated rings. The molecule has 0 amide bonds. The third-order valence-electron chi connectivity index (χ3n) is 4.84. The maximum Gasteiger partial charge on any atom is 0.136 e. The molecule has 5 rings (SSSR count). The number of nitrogens with zero attached hydrogens (tertiary/aromatic N) is 1. The van der Waals surface area contributed by atoms with Crippen LogP contribution in [0.5, 0.6) is 0 Å². The second kappa shape index (κ2) is 5.85. The zero-order valence-corrected chi connectivity index (χ0v) is 14.4. The van der Waals surface area contributed by atoms with Crippen molar-refractivity contribution in [3.8, 4) is 22.4 Å². The summed E-state index contributed by atoms with van der Waals surface area (Å²) in [4.78, 5) is 4.44. The molecule has 0 aliphatic carbocycles. The largest absolute Gasteiger partial charge is 0.456 e. The van der Waals surface area contributed by atoms with Gasteiger partial charge in [-0.1, -0.05) is 48.5 Å². The van der Waals surface area contributed by atoms with E-state index in [2.05, 4.69) is 66.5 Å². The van der Waals surface area contributed by atoms with E-state index in [1.165, 1.54) is 22.1 Å². The molecule has 0 N–H and O–H groups in total. The van der Waals surface area contributed by atoms with Gasteiger partial charge in [0.15, 0.2) is 0 Å². The minimum Gasteiger partial charge on any atom is -0.456 e. The van der Waals surface area contributed by atoms with Crippen LogP contribution in [-0.2, 0) is 0 Å². The molecule has 0 spiro atoms. The van der Waals surface area contributed by atoms with Crippen LogP contribution in [0.15, 0.2) is 89.5 Å². The Morgan fingerprint density at radius 3 is 2.31 bits per heavy atom. The molecule has 2 heteroatoms. The van der Waals surface area contributed by atoms with Gasteiger partial charge in [-0.15, -0.1) is 0 Å². The van der Waals surface area contributed by atoms with Gasteiger partial charge in [0.05, 0.1) is 5.69 Å². The number of pyridine rings is 1. The van der Waals surface area contributed by atoms with Crippen molar-refractivity contribution < 1.29 is 4.42 Å². The minimum atomic E-state index is 0.900. The summed E-state index contributed by atoms with van der Waals surface area (Å²) in [6.45, 7) is 2.15. The second-order valence-corrected chi connectivity index (χ2v) is 6.56. The van der Waals surface area contributed by atoms with E-state index < -0.39 is 0 Å². The zero-order valence-electron chi connectivity index (χ0n) is 14.4. The third kappa shape index (κ3) is 2.39. The average Bonchev–Trinajstić information content (AvgIpc) is 3.07. The zero-order chi connectivity index (χ0) is 17.5. The van der Waals surface area contributed by atoms with E-state index in [4.69, 9.17) is 4.42 Å². The van der Waals surface area contributed by atoms with Crippen molar-refractivity contribution in [3.05, 3.63) is 90.6 Å². The van der Waals surface area contributed by atoms with Gasteiger partial charge < -0.3 is 4.42 Å². The van der Waals surface area contributed by atoms with Crippen LogP contribution in [-0.4, -0.2) is 4.98 Å².